The number of hydrogen-bond acceptors (Lipinski definition) is 6. The van der Waals surface area contributed by atoms with Crippen LogP contribution in [0.3, 0.4) is 0 Å². The molecule has 0 bridgehead atoms. The van der Waals surface area contributed by atoms with Gasteiger partial charge in [-0.25, -0.2) is 9.67 Å². The van der Waals surface area contributed by atoms with E-state index >= 15 is 0 Å². The lowest BCUT2D eigenvalue weighted by atomic mass is 10.1. The van der Waals surface area contributed by atoms with Crippen LogP contribution in [-0.4, -0.2) is 59.2 Å². The van der Waals surface area contributed by atoms with Crippen LogP contribution in [0.2, 0.25) is 0 Å². The zero-order chi connectivity index (χ0) is 19.9. The highest BCUT2D eigenvalue weighted by atomic mass is 16.5. The van der Waals surface area contributed by atoms with E-state index in [9.17, 15) is 5.11 Å². The van der Waals surface area contributed by atoms with Gasteiger partial charge in [0.05, 0.1) is 33.4 Å². The van der Waals surface area contributed by atoms with Gasteiger partial charge in [-0.05, 0) is 31.0 Å². The SMILES string of the molecule is CCNC(=NCC(O)c1cc(OC)cc(OC)c1)NC1CCc2ncnn2C1. The van der Waals surface area contributed by atoms with E-state index in [1.165, 1.54) is 0 Å². The normalized spacial score (nSPS) is 17.6. The molecule has 28 heavy (non-hydrogen) atoms. The first-order chi connectivity index (χ1) is 13.6. The third-order valence-corrected chi connectivity index (χ3v) is 4.67. The molecule has 0 spiro atoms. The van der Waals surface area contributed by atoms with Crippen LogP contribution in [0.1, 0.15) is 30.8 Å². The Balaban J connectivity index is 1.65. The highest BCUT2D eigenvalue weighted by Crippen LogP contribution is 2.26. The molecule has 1 aromatic heterocycles. The number of methoxy groups -OCH3 is 2. The van der Waals surface area contributed by atoms with E-state index in [0.29, 0.717) is 23.0 Å². The summed E-state index contributed by atoms with van der Waals surface area (Å²) < 4.78 is 12.5. The summed E-state index contributed by atoms with van der Waals surface area (Å²) >= 11 is 0. The van der Waals surface area contributed by atoms with Crippen molar-refractivity contribution in [3.63, 3.8) is 0 Å². The number of fused-ring (bicyclic) bond motifs is 1. The lowest BCUT2D eigenvalue weighted by Crippen LogP contribution is -2.47. The lowest BCUT2D eigenvalue weighted by molar-refractivity contribution is 0.186. The molecule has 0 saturated heterocycles. The third kappa shape index (κ3) is 4.92. The molecule has 2 aromatic rings. The van der Waals surface area contributed by atoms with Gasteiger partial charge in [-0.15, -0.1) is 0 Å². The summed E-state index contributed by atoms with van der Waals surface area (Å²) in [5.74, 6) is 2.95. The number of nitrogens with one attached hydrogen (secondary N) is 2. The first-order valence-corrected chi connectivity index (χ1v) is 9.45. The van der Waals surface area contributed by atoms with Crippen molar-refractivity contribution in [2.75, 3.05) is 27.3 Å². The number of aryl methyl sites for hydroxylation is 1. The van der Waals surface area contributed by atoms with Crippen molar-refractivity contribution in [1.29, 1.82) is 0 Å². The van der Waals surface area contributed by atoms with E-state index in [2.05, 4.69) is 25.7 Å². The number of benzene rings is 1. The zero-order valence-corrected chi connectivity index (χ0v) is 16.6. The van der Waals surface area contributed by atoms with Crippen molar-refractivity contribution >= 4 is 5.96 Å². The fourth-order valence-electron chi connectivity index (χ4n) is 3.17. The van der Waals surface area contributed by atoms with Gasteiger partial charge in [0.2, 0.25) is 0 Å². The first-order valence-electron chi connectivity index (χ1n) is 9.45. The van der Waals surface area contributed by atoms with Crippen LogP contribution in [-0.2, 0) is 13.0 Å². The van der Waals surface area contributed by atoms with Gasteiger partial charge in [-0.2, -0.15) is 5.10 Å². The maximum absolute atomic E-state index is 10.6. The molecule has 0 saturated carbocycles. The standard InChI is InChI=1S/C19H28N6O3/c1-4-20-19(24-14-5-6-18-22-12-23-25(18)11-14)21-10-17(26)13-7-15(27-2)9-16(8-13)28-3/h7-9,12,14,17,26H,4-6,10-11H2,1-3H3,(H2,20,21,24). The molecule has 0 fully saturated rings. The van der Waals surface area contributed by atoms with Crippen LogP contribution in [0, 0.1) is 0 Å². The summed E-state index contributed by atoms with van der Waals surface area (Å²) in [5.41, 5.74) is 0.695. The molecule has 1 aliphatic rings. The minimum atomic E-state index is -0.771. The van der Waals surface area contributed by atoms with Gasteiger partial charge >= 0.3 is 0 Å². The molecule has 2 atom stereocenters. The van der Waals surface area contributed by atoms with Crippen molar-refractivity contribution in [2.24, 2.45) is 4.99 Å². The number of guanidine groups is 1. The average Bonchev–Trinajstić information content (AvgIpc) is 3.19. The van der Waals surface area contributed by atoms with Gasteiger partial charge < -0.3 is 25.2 Å². The molecule has 3 N–H and O–H groups in total. The number of rotatable bonds is 7. The predicted molar refractivity (Wildman–Crippen MR) is 106 cm³/mol. The Bertz CT molecular complexity index is 784. The van der Waals surface area contributed by atoms with Crippen LogP contribution in [0.5, 0.6) is 11.5 Å². The molecule has 0 radical (unpaired) electrons. The average molecular weight is 388 g/mol. The minimum Gasteiger partial charge on any atom is -0.497 e. The summed E-state index contributed by atoms with van der Waals surface area (Å²) in [5, 5.41) is 21.5. The van der Waals surface area contributed by atoms with E-state index in [4.69, 9.17) is 9.47 Å². The Kier molecular flexibility index (Phi) is 6.70. The Morgan fingerprint density at radius 1 is 1.32 bits per heavy atom. The number of nitrogens with zero attached hydrogens (tertiary/aromatic N) is 4. The van der Waals surface area contributed by atoms with Crippen LogP contribution < -0.4 is 20.1 Å². The van der Waals surface area contributed by atoms with Gasteiger partial charge in [0.25, 0.3) is 0 Å². The molecule has 0 aliphatic carbocycles. The Hall–Kier alpha value is -2.81. The van der Waals surface area contributed by atoms with Crippen molar-refractivity contribution in [3.8, 4) is 11.5 Å². The summed E-state index contributed by atoms with van der Waals surface area (Å²) in [4.78, 5) is 8.81. The molecule has 152 valence electrons. The zero-order valence-electron chi connectivity index (χ0n) is 16.6. The van der Waals surface area contributed by atoms with Gasteiger partial charge in [-0.1, -0.05) is 0 Å². The van der Waals surface area contributed by atoms with E-state index in [1.54, 1.807) is 38.7 Å². The summed E-state index contributed by atoms with van der Waals surface area (Å²) in [6.07, 6.45) is 2.66. The van der Waals surface area contributed by atoms with Gasteiger partial charge in [-0.3, -0.25) is 4.99 Å². The molecule has 9 nitrogen and oxygen atoms in total. The second-order valence-electron chi connectivity index (χ2n) is 6.62. The predicted octanol–water partition coefficient (Wildman–Crippen LogP) is 0.899. The van der Waals surface area contributed by atoms with Crippen molar-refractivity contribution < 1.29 is 14.6 Å². The maximum Gasteiger partial charge on any atom is 0.191 e. The van der Waals surface area contributed by atoms with Crippen LogP contribution >= 0.6 is 0 Å². The van der Waals surface area contributed by atoms with Gasteiger partial charge in [0, 0.05) is 25.1 Å². The van der Waals surface area contributed by atoms with Gasteiger partial charge in [0.1, 0.15) is 23.7 Å². The van der Waals surface area contributed by atoms with E-state index in [-0.39, 0.29) is 12.6 Å². The number of ether oxygens (including phenoxy) is 2. The molecular formula is C19H28N6O3. The minimum absolute atomic E-state index is 0.209. The van der Waals surface area contributed by atoms with Crippen molar-refractivity contribution in [2.45, 2.75) is 38.5 Å². The number of aliphatic hydroxyl groups excluding tert-OH is 1. The smallest absolute Gasteiger partial charge is 0.191 e. The summed E-state index contributed by atoms with van der Waals surface area (Å²) in [6, 6.07) is 5.56. The Labute approximate surface area is 164 Å². The Morgan fingerprint density at radius 2 is 2.07 bits per heavy atom. The van der Waals surface area contributed by atoms with Crippen molar-refractivity contribution in [1.82, 2.24) is 25.4 Å². The third-order valence-electron chi connectivity index (χ3n) is 4.67. The molecule has 0 amide bonds. The molecule has 2 heterocycles. The largest absolute Gasteiger partial charge is 0.497 e. The molecule has 9 heteroatoms. The number of aliphatic hydroxyl groups is 1. The monoisotopic (exact) mass is 388 g/mol. The molecule has 2 unspecified atom stereocenters. The fraction of sp³-hybridized carbons (Fsp3) is 0.526. The number of hydrogen-bond donors (Lipinski definition) is 3. The molecule has 3 rings (SSSR count). The Morgan fingerprint density at radius 3 is 2.75 bits per heavy atom. The first kappa shape index (κ1) is 19.9. The number of aliphatic imine (C=N–C) groups is 1. The fourth-order valence-corrected chi connectivity index (χ4v) is 3.17. The molecule has 1 aromatic carbocycles. The van der Waals surface area contributed by atoms with E-state index < -0.39 is 6.10 Å². The summed E-state index contributed by atoms with van der Waals surface area (Å²) in [7, 11) is 3.17. The van der Waals surface area contributed by atoms with Crippen LogP contribution in [0.15, 0.2) is 29.5 Å². The lowest BCUT2D eigenvalue weighted by Gasteiger charge is -2.25. The van der Waals surface area contributed by atoms with Gasteiger partial charge in [0.15, 0.2) is 5.96 Å². The van der Waals surface area contributed by atoms with Crippen molar-refractivity contribution in [3.05, 3.63) is 35.9 Å². The quantitative estimate of drug-likeness (QED) is 0.478. The van der Waals surface area contributed by atoms with E-state index in [0.717, 1.165) is 31.8 Å². The highest BCUT2D eigenvalue weighted by molar-refractivity contribution is 5.80. The topological polar surface area (TPSA) is 106 Å². The van der Waals surface area contributed by atoms with Crippen LogP contribution in [0.4, 0.5) is 0 Å². The second kappa shape index (κ2) is 9.41. The van der Waals surface area contributed by atoms with Crippen LogP contribution in [0.25, 0.3) is 0 Å². The maximum atomic E-state index is 10.6. The molecule has 1 aliphatic heterocycles. The number of aromatic nitrogens is 3. The highest BCUT2D eigenvalue weighted by Gasteiger charge is 2.20. The van der Waals surface area contributed by atoms with E-state index in [1.807, 2.05) is 11.6 Å². The molecular weight excluding hydrogens is 360 g/mol. The summed E-state index contributed by atoms with van der Waals surface area (Å²) in [6.45, 7) is 3.70. The second-order valence-corrected chi connectivity index (χ2v) is 6.62.